The monoisotopic (exact) mass is 421 g/mol. The highest BCUT2D eigenvalue weighted by Gasteiger charge is 2.26. The summed E-state index contributed by atoms with van der Waals surface area (Å²) in [6.45, 7) is 2.14. The van der Waals surface area contributed by atoms with E-state index in [-0.39, 0.29) is 35.3 Å². The van der Waals surface area contributed by atoms with Crippen molar-refractivity contribution >= 4 is 34.1 Å². The summed E-state index contributed by atoms with van der Waals surface area (Å²) in [5.41, 5.74) is 1.56. The lowest BCUT2D eigenvalue weighted by Gasteiger charge is -2.10. The predicted octanol–water partition coefficient (Wildman–Crippen LogP) is 3.56. The van der Waals surface area contributed by atoms with Crippen LogP contribution in [0.2, 0.25) is 0 Å². The minimum Gasteiger partial charge on any atom is -0.354 e. The molecule has 3 aromatic rings. The van der Waals surface area contributed by atoms with Gasteiger partial charge in [0.05, 0.1) is 16.1 Å². The summed E-state index contributed by atoms with van der Waals surface area (Å²) in [6, 6.07) is 3.05. The van der Waals surface area contributed by atoms with Gasteiger partial charge in [0.1, 0.15) is 17.7 Å². The average Bonchev–Trinajstić information content (AvgIpc) is 3.32. The Bertz CT molecular complexity index is 1100. The summed E-state index contributed by atoms with van der Waals surface area (Å²) in [4.78, 5) is 27.4. The van der Waals surface area contributed by atoms with Gasteiger partial charge in [0.15, 0.2) is 5.13 Å². The van der Waals surface area contributed by atoms with Gasteiger partial charge < -0.3 is 15.6 Å². The fourth-order valence-electron chi connectivity index (χ4n) is 3.56. The van der Waals surface area contributed by atoms with Crippen molar-refractivity contribution in [2.45, 2.75) is 32.2 Å². The zero-order valence-electron chi connectivity index (χ0n) is 15.5. The van der Waals surface area contributed by atoms with Crippen molar-refractivity contribution in [3.63, 3.8) is 0 Å². The van der Waals surface area contributed by atoms with E-state index >= 15 is 0 Å². The van der Waals surface area contributed by atoms with Crippen LogP contribution in [0, 0.1) is 23.7 Å². The fourth-order valence-corrected chi connectivity index (χ4v) is 4.49. The Morgan fingerprint density at radius 3 is 2.72 bits per heavy atom. The number of halogens is 3. The number of H-pyrrole nitrogens is 1. The van der Waals surface area contributed by atoms with E-state index in [1.807, 2.05) is 0 Å². The molecule has 0 radical (unpaired) electrons. The number of aromatic nitrogens is 1. The van der Waals surface area contributed by atoms with E-state index < -0.39 is 17.7 Å². The van der Waals surface area contributed by atoms with Crippen LogP contribution in [0.25, 0.3) is 21.5 Å². The van der Waals surface area contributed by atoms with Crippen LogP contribution in [0.1, 0.15) is 24.0 Å². The van der Waals surface area contributed by atoms with Crippen LogP contribution in [0.5, 0.6) is 0 Å². The van der Waals surface area contributed by atoms with Crippen molar-refractivity contribution in [3.8, 4) is 10.6 Å². The van der Waals surface area contributed by atoms with Gasteiger partial charge in [0.25, 0.3) is 0 Å². The van der Waals surface area contributed by atoms with Crippen LogP contribution < -0.4 is 10.6 Å². The molecule has 2 amide bonds. The molecule has 2 aromatic heterocycles. The van der Waals surface area contributed by atoms with Gasteiger partial charge in [-0.2, -0.15) is 4.39 Å². The van der Waals surface area contributed by atoms with Gasteiger partial charge in [-0.25, -0.2) is 8.78 Å². The van der Waals surface area contributed by atoms with Crippen LogP contribution in [0.3, 0.4) is 0 Å². The maximum absolute atomic E-state index is 14.3. The van der Waals surface area contributed by atoms with Gasteiger partial charge in [-0.05, 0) is 43.0 Å². The number of carbonyl (C=O) groups is 2. The van der Waals surface area contributed by atoms with E-state index in [1.54, 1.807) is 13.0 Å². The van der Waals surface area contributed by atoms with Crippen molar-refractivity contribution in [3.05, 3.63) is 46.1 Å². The average molecular weight is 421 g/mol. The molecule has 1 aliphatic heterocycles. The minimum atomic E-state index is -0.756. The van der Waals surface area contributed by atoms with Gasteiger partial charge in [0.2, 0.25) is 11.8 Å². The smallest absolute Gasteiger partial charge is 0.242 e. The topological polar surface area (TPSA) is 74.0 Å². The summed E-state index contributed by atoms with van der Waals surface area (Å²) in [5.74, 6) is -2.05. The summed E-state index contributed by atoms with van der Waals surface area (Å²) in [5, 5.41) is 5.27. The molecule has 29 heavy (non-hydrogen) atoms. The number of rotatable bonds is 5. The molecule has 1 fully saturated rings. The van der Waals surface area contributed by atoms with E-state index in [0.717, 1.165) is 17.4 Å². The lowest BCUT2D eigenvalue weighted by molar-refractivity contribution is -0.127. The van der Waals surface area contributed by atoms with Crippen molar-refractivity contribution in [2.75, 3.05) is 6.54 Å². The number of carbonyl (C=O) groups excluding carboxylic acids is 2. The van der Waals surface area contributed by atoms with Crippen molar-refractivity contribution in [1.29, 1.82) is 0 Å². The molecular formula is C20H18F3N3O2S. The molecule has 0 unspecified atom stereocenters. The molecule has 0 saturated carbocycles. The number of hydrogen-bond donors (Lipinski definition) is 3. The van der Waals surface area contributed by atoms with Crippen LogP contribution >= 0.6 is 11.3 Å². The van der Waals surface area contributed by atoms with Crippen LogP contribution in [0.15, 0.2) is 18.2 Å². The zero-order chi connectivity index (χ0) is 20.7. The Morgan fingerprint density at radius 1 is 1.28 bits per heavy atom. The molecular weight excluding hydrogens is 403 g/mol. The van der Waals surface area contributed by atoms with Crippen LogP contribution in [-0.2, 0) is 16.0 Å². The first kappa shape index (κ1) is 19.5. The zero-order valence-corrected chi connectivity index (χ0v) is 16.3. The predicted molar refractivity (Wildman–Crippen MR) is 104 cm³/mol. The highest BCUT2D eigenvalue weighted by molar-refractivity contribution is 7.14. The first-order valence-corrected chi connectivity index (χ1v) is 9.98. The maximum atomic E-state index is 14.3. The molecule has 4 rings (SSSR count). The number of hydrogen-bond acceptors (Lipinski definition) is 3. The van der Waals surface area contributed by atoms with E-state index in [9.17, 15) is 22.8 Å². The first-order chi connectivity index (χ1) is 13.8. The van der Waals surface area contributed by atoms with Crippen molar-refractivity contribution in [1.82, 2.24) is 15.6 Å². The number of nitrogens with one attached hydrogen (secondary N) is 3. The molecule has 1 aromatic carbocycles. The molecule has 1 aliphatic rings. The minimum absolute atomic E-state index is 0.0225. The highest BCUT2D eigenvalue weighted by atomic mass is 32.1. The second kappa shape index (κ2) is 7.55. The number of aromatic amines is 1. The third kappa shape index (κ3) is 3.74. The Kier molecular flexibility index (Phi) is 5.08. The largest absolute Gasteiger partial charge is 0.354 e. The summed E-state index contributed by atoms with van der Waals surface area (Å²) in [7, 11) is 0. The summed E-state index contributed by atoms with van der Waals surface area (Å²) >= 11 is 0.900. The molecule has 1 atom stereocenters. The molecule has 0 spiro atoms. The quantitative estimate of drug-likeness (QED) is 0.589. The van der Waals surface area contributed by atoms with Gasteiger partial charge >= 0.3 is 0 Å². The Hall–Kier alpha value is -2.81. The van der Waals surface area contributed by atoms with Crippen molar-refractivity contribution in [2.24, 2.45) is 0 Å². The molecule has 1 saturated heterocycles. The number of benzene rings is 1. The van der Waals surface area contributed by atoms with Crippen molar-refractivity contribution < 1.29 is 22.8 Å². The molecule has 9 heteroatoms. The van der Waals surface area contributed by atoms with Gasteiger partial charge in [-0.15, -0.1) is 11.3 Å². The number of thiophene rings is 1. The second-order valence-electron chi connectivity index (χ2n) is 7.06. The number of fused-ring (bicyclic) bond motifs is 1. The lowest BCUT2D eigenvalue weighted by Crippen LogP contribution is -2.40. The number of aryl methyl sites for hydroxylation is 2. The number of amides is 2. The lowest BCUT2D eigenvalue weighted by atomic mass is 10.0. The Morgan fingerprint density at radius 2 is 2.07 bits per heavy atom. The van der Waals surface area contributed by atoms with E-state index in [1.165, 1.54) is 6.07 Å². The maximum Gasteiger partial charge on any atom is 0.242 e. The Balaban J connectivity index is 1.66. The summed E-state index contributed by atoms with van der Waals surface area (Å²) < 4.78 is 42.0. The van der Waals surface area contributed by atoms with Gasteiger partial charge in [-0.3, -0.25) is 9.59 Å². The molecule has 0 aliphatic carbocycles. The van der Waals surface area contributed by atoms with E-state index in [0.29, 0.717) is 40.0 Å². The molecule has 3 N–H and O–H groups in total. The fraction of sp³-hybridized carbons (Fsp3) is 0.300. The van der Waals surface area contributed by atoms with Gasteiger partial charge in [-0.1, -0.05) is 0 Å². The second-order valence-corrected chi connectivity index (χ2v) is 8.06. The normalized spacial score (nSPS) is 16.4. The van der Waals surface area contributed by atoms with Crippen LogP contribution in [0.4, 0.5) is 13.2 Å². The highest BCUT2D eigenvalue weighted by Crippen LogP contribution is 2.37. The molecule has 3 heterocycles. The van der Waals surface area contributed by atoms with Crippen LogP contribution in [-0.4, -0.2) is 29.4 Å². The van der Waals surface area contributed by atoms with E-state index in [2.05, 4.69) is 15.6 Å². The molecule has 152 valence electrons. The SMILES string of the molecule is Cc1cc(-c2[nH]c3c(F)cc(F)cc3c2CCC(=O)N[C@H]2CCNC2=O)sc1F. The first-order valence-electron chi connectivity index (χ1n) is 9.16. The third-order valence-electron chi connectivity index (χ3n) is 5.02. The van der Waals surface area contributed by atoms with Gasteiger partial charge in [0, 0.05) is 24.4 Å². The standard InChI is InChI=1S/C20H18F3N3O2S/c1-9-6-15(29-19(9)23)18-11(12-7-10(21)8-13(22)17(12)26-18)2-3-16(27)25-14-4-5-24-20(14)28/h6-8,14,26H,2-5H2,1H3,(H,24,28)(H,25,27)/t14-/m0/s1. The molecule has 0 bridgehead atoms. The third-order valence-corrected chi connectivity index (χ3v) is 6.06. The molecule has 5 nitrogen and oxygen atoms in total. The Labute approximate surface area is 168 Å². The van der Waals surface area contributed by atoms with E-state index in [4.69, 9.17) is 0 Å². The summed E-state index contributed by atoms with van der Waals surface area (Å²) in [6.07, 6.45) is 0.721.